The van der Waals surface area contributed by atoms with E-state index in [1.807, 2.05) is 0 Å². The van der Waals surface area contributed by atoms with Gasteiger partial charge in [0.2, 0.25) is 5.91 Å². The summed E-state index contributed by atoms with van der Waals surface area (Å²) < 4.78 is 13.0. The van der Waals surface area contributed by atoms with Crippen LogP contribution in [0.1, 0.15) is 24.8 Å². The third-order valence-electron chi connectivity index (χ3n) is 4.32. The molecule has 122 valence electrons. The topological polar surface area (TPSA) is 78.5 Å². The zero-order valence-electron chi connectivity index (χ0n) is 12.5. The molecule has 0 bridgehead atoms. The van der Waals surface area contributed by atoms with E-state index in [1.165, 1.54) is 12.1 Å². The van der Waals surface area contributed by atoms with Gasteiger partial charge in [-0.1, -0.05) is 12.1 Å². The van der Waals surface area contributed by atoms with E-state index in [1.54, 1.807) is 17.0 Å². The van der Waals surface area contributed by atoms with Crippen LogP contribution in [0.25, 0.3) is 0 Å². The first kappa shape index (κ1) is 15.5. The lowest BCUT2D eigenvalue weighted by atomic mass is 10.0. The molecule has 23 heavy (non-hydrogen) atoms. The van der Waals surface area contributed by atoms with E-state index < -0.39 is 18.0 Å². The molecule has 0 aromatic heterocycles. The number of hydrogen-bond donors (Lipinski definition) is 2. The van der Waals surface area contributed by atoms with Gasteiger partial charge in [0.25, 0.3) is 5.91 Å². The average Bonchev–Trinajstić information content (AvgIpc) is 3.08. The van der Waals surface area contributed by atoms with Gasteiger partial charge in [-0.15, -0.1) is 0 Å². The van der Waals surface area contributed by atoms with Gasteiger partial charge < -0.3 is 10.2 Å². The maximum Gasteiger partial charge on any atom is 0.322 e. The number of imide groups is 1. The molecule has 2 N–H and O–H groups in total. The number of amides is 4. The first-order valence-corrected chi connectivity index (χ1v) is 7.68. The van der Waals surface area contributed by atoms with Crippen molar-refractivity contribution in [1.82, 2.24) is 15.5 Å². The van der Waals surface area contributed by atoms with E-state index in [0.717, 1.165) is 18.4 Å². The summed E-state index contributed by atoms with van der Waals surface area (Å²) in [4.78, 5) is 36.8. The van der Waals surface area contributed by atoms with Gasteiger partial charge in [-0.25, -0.2) is 9.18 Å². The summed E-state index contributed by atoms with van der Waals surface area (Å²) in [6.45, 7) is 0.646. The van der Waals surface area contributed by atoms with Crippen LogP contribution in [0.4, 0.5) is 9.18 Å². The summed E-state index contributed by atoms with van der Waals surface area (Å²) in [5.41, 5.74) is 0.975. The van der Waals surface area contributed by atoms with E-state index in [2.05, 4.69) is 10.6 Å². The molecular weight excluding hydrogens is 301 g/mol. The highest BCUT2D eigenvalue weighted by Crippen LogP contribution is 2.22. The Hall–Kier alpha value is -2.44. The second-order valence-electron chi connectivity index (χ2n) is 5.93. The predicted octanol–water partition coefficient (Wildman–Crippen LogP) is 0.957. The number of benzene rings is 1. The van der Waals surface area contributed by atoms with Gasteiger partial charge in [-0.2, -0.15) is 0 Å². The fourth-order valence-corrected chi connectivity index (χ4v) is 3.16. The van der Waals surface area contributed by atoms with E-state index in [0.29, 0.717) is 13.0 Å². The standard InChI is InChI=1S/C16H18FN3O3/c17-11-5-3-10(4-6-11)8-12-2-1-7-20(12)14(21)9-13-15(22)19-16(23)18-13/h3-6,12-13H,1-2,7-9H2,(H2,18,19,22,23). The Labute approximate surface area is 133 Å². The summed E-state index contributed by atoms with van der Waals surface area (Å²) in [5, 5.41) is 4.56. The van der Waals surface area contributed by atoms with E-state index >= 15 is 0 Å². The van der Waals surface area contributed by atoms with Crippen molar-refractivity contribution >= 4 is 17.8 Å². The fraction of sp³-hybridized carbons (Fsp3) is 0.438. The first-order chi connectivity index (χ1) is 11.0. The minimum atomic E-state index is -0.790. The van der Waals surface area contributed by atoms with Crippen molar-refractivity contribution in [3.05, 3.63) is 35.6 Å². The van der Waals surface area contributed by atoms with Crippen molar-refractivity contribution in [1.29, 1.82) is 0 Å². The van der Waals surface area contributed by atoms with Gasteiger partial charge in [-0.3, -0.25) is 14.9 Å². The molecular formula is C16H18FN3O3. The molecule has 7 heteroatoms. The number of likely N-dealkylation sites (tertiary alicyclic amines) is 1. The van der Waals surface area contributed by atoms with Crippen molar-refractivity contribution < 1.29 is 18.8 Å². The molecule has 0 saturated carbocycles. The van der Waals surface area contributed by atoms with Crippen molar-refractivity contribution in [2.75, 3.05) is 6.54 Å². The zero-order valence-corrected chi connectivity index (χ0v) is 12.5. The van der Waals surface area contributed by atoms with Crippen LogP contribution in [0.5, 0.6) is 0 Å². The second-order valence-corrected chi connectivity index (χ2v) is 5.93. The number of carbonyl (C=O) groups is 3. The number of hydrogen-bond acceptors (Lipinski definition) is 3. The quantitative estimate of drug-likeness (QED) is 0.811. The number of halogens is 1. The maximum atomic E-state index is 13.0. The van der Waals surface area contributed by atoms with E-state index in [9.17, 15) is 18.8 Å². The first-order valence-electron chi connectivity index (χ1n) is 7.68. The molecule has 2 atom stereocenters. The Balaban J connectivity index is 1.61. The number of nitrogens with zero attached hydrogens (tertiary/aromatic N) is 1. The van der Waals surface area contributed by atoms with Crippen molar-refractivity contribution in [3.63, 3.8) is 0 Å². The van der Waals surface area contributed by atoms with Gasteiger partial charge in [-0.05, 0) is 37.0 Å². The lowest BCUT2D eigenvalue weighted by molar-refractivity contribution is -0.134. The summed E-state index contributed by atoms with van der Waals surface area (Å²) >= 11 is 0. The Morgan fingerprint density at radius 2 is 2.00 bits per heavy atom. The summed E-state index contributed by atoms with van der Waals surface area (Å²) in [7, 11) is 0. The van der Waals surface area contributed by atoms with E-state index in [-0.39, 0.29) is 24.2 Å². The minimum absolute atomic E-state index is 0.0303. The molecule has 2 saturated heterocycles. The van der Waals surface area contributed by atoms with Crippen molar-refractivity contribution in [3.8, 4) is 0 Å². The monoisotopic (exact) mass is 319 g/mol. The van der Waals surface area contributed by atoms with Crippen LogP contribution in [0.3, 0.4) is 0 Å². The van der Waals surface area contributed by atoms with Gasteiger partial charge in [0.1, 0.15) is 11.9 Å². The molecule has 2 unspecified atom stereocenters. The Morgan fingerprint density at radius 3 is 2.65 bits per heavy atom. The SMILES string of the molecule is O=C1NC(=O)C(CC(=O)N2CCCC2Cc2ccc(F)cc2)N1. The summed E-state index contributed by atoms with van der Waals surface area (Å²) in [6, 6.07) is 4.97. The average molecular weight is 319 g/mol. The third kappa shape index (κ3) is 3.49. The molecule has 4 amide bonds. The molecule has 2 heterocycles. The molecule has 1 aromatic carbocycles. The molecule has 6 nitrogen and oxygen atoms in total. The highest BCUT2D eigenvalue weighted by molar-refractivity contribution is 6.05. The Kier molecular flexibility index (Phi) is 4.27. The molecule has 2 aliphatic rings. The lowest BCUT2D eigenvalue weighted by Crippen LogP contribution is -2.41. The Bertz CT molecular complexity index is 632. The summed E-state index contributed by atoms with van der Waals surface area (Å²) in [6.07, 6.45) is 2.42. The van der Waals surface area contributed by atoms with Gasteiger partial charge in [0.05, 0.1) is 6.42 Å². The molecule has 0 spiro atoms. The van der Waals surface area contributed by atoms with Crippen LogP contribution in [0, 0.1) is 5.82 Å². The number of urea groups is 1. The Morgan fingerprint density at radius 1 is 1.26 bits per heavy atom. The molecule has 0 aliphatic carbocycles. The second kappa shape index (κ2) is 6.36. The predicted molar refractivity (Wildman–Crippen MR) is 79.9 cm³/mol. The van der Waals surface area contributed by atoms with E-state index in [4.69, 9.17) is 0 Å². The van der Waals surface area contributed by atoms with Crippen molar-refractivity contribution in [2.24, 2.45) is 0 Å². The number of rotatable bonds is 4. The molecule has 3 rings (SSSR count). The summed E-state index contributed by atoms with van der Waals surface area (Å²) in [5.74, 6) is -0.884. The highest BCUT2D eigenvalue weighted by atomic mass is 19.1. The molecule has 0 radical (unpaired) electrons. The minimum Gasteiger partial charge on any atom is -0.339 e. The van der Waals surface area contributed by atoms with Crippen LogP contribution < -0.4 is 10.6 Å². The highest BCUT2D eigenvalue weighted by Gasteiger charge is 2.35. The smallest absolute Gasteiger partial charge is 0.322 e. The van der Waals surface area contributed by atoms with Crippen molar-refractivity contribution in [2.45, 2.75) is 37.8 Å². The molecule has 2 aliphatic heterocycles. The van der Waals surface area contributed by atoms with Crippen LogP contribution in [-0.4, -0.2) is 41.4 Å². The number of carbonyl (C=O) groups excluding carboxylic acids is 3. The molecule has 2 fully saturated rings. The van der Waals surface area contributed by atoms with Crippen LogP contribution in [-0.2, 0) is 16.0 Å². The fourth-order valence-electron chi connectivity index (χ4n) is 3.16. The number of nitrogens with one attached hydrogen (secondary N) is 2. The van der Waals surface area contributed by atoms with Crippen LogP contribution in [0.15, 0.2) is 24.3 Å². The van der Waals surface area contributed by atoms with Gasteiger partial charge >= 0.3 is 6.03 Å². The zero-order chi connectivity index (χ0) is 16.4. The maximum absolute atomic E-state index is 13.0. The van der Waals surface area contributed by atoms with Crippen LogP contribution >= 0.6 is 0 Å². The molecule has 1 aromatic rings. The normalized spacial score (nSPS) is 23.8. The van der Waals surface area contributed by atoms with Gasteiger partial charge in [0.15, 0.2) is 0 Å². The third-order valence-corrected chi connectivity index (χ3v) is 4.32. The van der Waals surface area contributed by atoms with Gasteiger partial charge in [0, 0.05) is 12.6 Å². The van der Waals surface area contributed by atoms with Crippen LogP contribution in [0.2, 0.25) is 0 Å². The lowest BCUT2D eigenvalue weighted by Gasteiger charge is -2.25. The largest absolute Gasteiger partial charge is 0.339 e.